The van der Waals surface area contributed by atoms with E-state index in [-0.39, 0.29) is 36.0 Å². The quantitative estimate of drug-likeness (QED) is 0.368. The van der Waals surface area contributed by atoms with Gasteiger partial charge in [0.15, 0.2) is 5.96 Å². The van der Waals surface area contributed by atoms with Gasteiger partial charge in [-0.3, -0.25) is 4.99 Å². The van der Waals surface area contributed by atoms with E-state index in [0.717, 1.165) is 51.5 Å². The van der Waals surface area contributed by atoms with Crippen molar-refractivity contribution in [2.75, 3.05) is 46.5 Å². The maximum atomic E-state index is 9.79. The van der Waals surface area contributed by atoms with Gasteiger partial charge in [0.1, 0.15) is 0 Å². The van der Waals surface area contributed by atoms with Gasteiger partial charge >= 0.3 is 0 Å². The Morgan fingerprint density at radius 2 is 2.21 bits per heavy atom. The van der Waals surface area contributed by atoms with Crippen LogP contribution in [0.25, 0.3) is 0 Å². The smallest absolute Gasteiger partial charge is 0.193 e. The number of aliphatic hydroxyl groups excluding tert-OH is 1. The summed E-state index contributed by atoms with van der Waals surface area (Å²) in [6, 6.07) is 4.26. The number of guanidine groups is 1. The molecule has 2 N–H and O–H groups in total. The van der Waals surface area contributed by atoms with E-state index >= 15 is 0 Å². The number of thiophene rings is 1. The van der Waals surface area contributed by atoms with Gasteiger partial charge in [-0.1, -0.05) is 6.07 Å². The first-order valence-electron chi connectivity index (χ1n) is 8.39. The van der Waals surface area contributed by atoms with E-state index in [1.165, 1.54) is 4.88 Å². The number of nitrogens with zero attached hydrogens (tertiary/aromatic N) is 2. The molecule has 1 aromatic rings. The Labute approximate surface area is 166 Å². The van der Waals surface area contributed by atoms with Gasteiger partial charge in [-0.15, -0.1) is 35.3 Å². The van der Waals surface area contributed by atoms with Gasteiger partial charge in [-0.25, -0.2) is 0 Å². The first kappa shape index (κ1) is 21.7. The number of aliphatic imine (C=N–C) groups is 1. The molecule has 1 saturated heterocycles. The predicted octanol–water partition coefficient (Wildman–Crippen LogP) is 2.60. The minimum atomic E-state index is -0.118. The molecule has 7 heteroatoms. The third-order valence-electron chi connectivity index (χ3n) is 4.42. The molecule has 0 aromatic carbocycles. The van der Waals surface area contributed by atoms with E-state index < -0.39 is 0 Å². The molecule has 1 aromatic heterocycles. The lowest BCUT2D eigenvalue weighted by atomic mass is 9.81. The van der Waals surface area contributed by atoms with Crippen LogP contribution in [0.15, 0.2) is 22.5 Å². The summed E-state index contributed by atoms with van der Waals surface area (Å²) in [5, 5.41) is 15.3. The molecule has 2 heterocycles. The molecule has 1 aliphatic rings. The summed E-state index contributed by atoms with van der Waals surface area (Å²) in [4.78, 5) is 8.37. The number of hydrogen-bond acceptors (Lipinski definition) is 4. The normalized spacial score (nSPS) is 17.2. The Morgan fingerprint density at radius 1 is 1.46 bits per heavy atom. The van der Waals surface area contributed by atoms with E-state index in [9.17, 15) is 5.11 Å². The highest BCUT2D eigenvalue weighted by atomic mass is 127. The molecule has 0 bridgehead atoms. The summed E-state index contributed by atoms with van der Waals surface area (Å²) in [6.45, 7) is 6.14. The second-order valence-electron chi connectivity index (χ2n) is 6.19. The van der Waals surface area contributed by atoms with Crippen LogP contribution < -0.4 is 5.32 Å². The largest absolute Gasteiger partial charge is 0.396 e. The number of rotatable bonds is 7. The summed E-state index contributed by atoms with van der Waals surface area (Å²) < 4.78 is 5.42. The fourth-order valence-corrected chi connectivity index (χ4v) is 3.42. The number of aliphatic hydroxyl groups is 1. The molecule has 0 spiro atoms. The lowest BCUT2D eigenvalue weighted by Gasteiger charge is -2.34. The Balaban J connectivity index is 0.00000288. The molecule has 1 fully saturated rings. The van der Waals surface area contributed by atoms with Crippen LogP contribution in [-0.4, -0.2) is 62.5 Å². The van der Waals surface area contributed by atoms with Gasteiger partial charge in [-0.2, -0.15) is 0 Å². The summed E-state index contributed by atoms with van der Waals surface area (Å²) in [5.74, 6) is 0.920. The maximum absolute atomic E-state index is 9.79. The Morgan fingerprint density at radius 3 is 2.79 bits per heavy atom. The zero-order chi connectivity index (χ0) is 16.5. The van der Waals surface area contributed by atoms with E-state index in [1.807, 2.05) is 0 Å². The second-order valence-corrected chi connectivity index (χ2v) is 7.22. The molecule has 0 atom stereocenters. The average molecular weight is 467 g/mol. The molecule has 0 unspecified atom stereocenters. The molecule has 0 aliphatic carbocycles. The van der Waals surface area contributed by atoms with Crippen molar-refractivity contribution in [3.63, 3.8) is 0 Å². The van der Waals surface area contributed by atoms with Crippen LogP contribution in [0, 0.1) is 5.41 Å². The van der Waals surface area contributed by atoms with Gasteiger partial charge < -0.3 is 20.1 Å². The molecule has 1 aliphatic heterocycles. The average Bonchev–Trinajstić information content (AvgIpc) is 3.11. The molecule has 0 saturated carbocycles. The van der Waals surface area contributed by atoms with Crippen LogP contribution in [0.1, 0.15) is 24.6 Å². The van der Waals surface area contributed by atoms with Crippen LogP contribution in [-0.2, 0) is 11.2 Å². The third kappa shape index (κ3) is 6.50. The highest BCUT2D eigenvalue weighted by molar-refractivity contribution is 14.0. The van der Waals surface area contributed by atoms with Crippen LogP contribution in [0.2, 0.25) is 0 Å². The molecule has 138 valence electrons. The lowest BCUT2D eigenvalue weighted by molar-refractivity contribution is -0.0107. The zero-order valence-corrected chi connectivity index (χ0v) is 17.8. The van der Waals surface area contributed by atoms with E-state index in [4.69, 9.17) is 9.73 Å². The third-order valence-corrected chi connectivity index (χ3v) is 5.36. The fraction of sp³-hybridized carbons (Fsp3) is 0.706. The van der Waals surface area contributed by atoms with Gasteiger partial charge in [0.2, 0.25) is 0 Å². The maximum Gasteiger partial charge on any atom is 0.193 e. The van der Waals surface area contributed by atoms with Gasteiger partial charge in [0.05, 0.1) is 13.2 Å². The van der Waals surface area contributed by atoms with Gasteiger partial charge in [-0.05, 0) is 37.6 Å². The highest BCUT2D eigenvalue weighted by Crippen LogP contribution is 2.30. The molecule has 2 rings (SSSR count). The number of nitrogens with one attached hydrogen (secondary N) is 1. The Hall–Kier alpha value is -0.380. The van der Waals surface area contributed by atoms with E-state index in [0.29, 0.717) is 6.54 Å². The van der Waals surface area contributed by atoms with Crippen molar-refractivity contribution in [2.24, 2.45) is 10.4 Å². The number of likely N-dealkylation sites (N-methyl/N-ethyl adjacent to an activating group) is 1. The van der Waals surface area contributed by atoms with Gasteiger partial charge in [0.25, 0.3) is 0 Å². The molecule has 5 nitrogen and oxygen atoms in total. The zero-order valence-electron chi connectivity index (χ0n) is 14.7. The van der Waals surface area contributed by atoms with Crippen LogP contribution in [0.4, 0.5) is 0 Å². The monoisotopic (exact) mass is 467 g/mol. The topological polar surface area (TPSA) is 57.1 Å². The van der Waals surface area contributed by atoms with Crippen molar-refractivity contribution in [1.29, 1.82) is 0 Å². The molecular weight excluding hydrogens is 437 g/mol. The van der Waals surface area contributed by atoms with E-state index in [1.54, 1.807) is 11.3 Å². The number of ether oxygens (including phenoxy) is 1. The summed E-state index contributed by atoms with van der Waals surface area (Å²) >= 11 is 1.80. The Kier molecular flexibility index (Phi) is 10.2. The summed E-state index contributed by atoms with van der Waals surface area (Å²) in [7, 11) is 2.07. The van der Waals surface area contributed by atoms with Crippen LogP contribution in [0.5, 0.6) is 0 Å². The first-order chi connectivity index (χ1) is 11.2. The summed E-state index contributed by atoms with van der Waals surface area (Å²) in [6.07, 6.45) is 2.79. The number of hydrogen-bond donors (Lipinski definition) is 2. The van der Waals surface area contributed by atoms with Crippen molar-refractivity contribution in [3.05, 3.63) is 22.4 Å². The van der Waals surface area contributed by atoms with Crippen LogP contribution >= 0.6 is 35.3 Å². The molecule has 0 amide bonds. The van der Waals surface area contributed by atoms with Gasteiger partial charge in [0, 0.05) is 43.6 Å². The fourth-order valence-electron chi connectivity index (χ4n) is 2.72. The van der Waals surface area contributed by atoms with Crippen LogP contribution in [0.3, 0.4) is 0 Å². The number of halogens is 1. The minimum Gasteiger partial charge on any atom is -0.396 e. The predicted molar refractivity (Wildman–Crippen MR) is 112 cm³/mol. The van der Waals surface area contributed by atoms with Crippen molar-refractivity contribution in [2.45, 2.75) is 26.2 Å². The second kappa shape index (κ2) is 11.3. The van der Waals surface area contributed by atoms with Crippen molar-refractivity contribution in [3.8, 4) is 0 Å². The SMILES string of the molecule is CCNC(=NCC1(CO)CCOCC1)N(C)CCc1cccs1.I. The van der Waals surface area contributed by atoms with Crippen molar-refractivity contribution < 1.29 is 9.84 Å². The Bertz CT molecular complexity index is 476. The highest BCUT2D eigenvalue weighted by Gasteiger charge is 2.32. The standard InChI is InChI=1S/C17H29N3O2S.HI/c1-3-18-16(20(2)9-6-15-5-4-12-23-15)19-13-17(14-21)7-10-22-11-8-17;/h4-5,12,21H,3,6-11,13-14H2,1-2H3,(H,18,19);1H. The molecular formula is C17H30IN3O2S. The molecule has 0 radical (unpaired) electrons. The van der Waals surface area contributed by atoms with Crippen molar-refractivity contribution in [1.82, 2.24) is 10.2 Å². The van der Waals surface area contributed by atoms with E-state index in [2.05, 4.69) is 41.7 Å². The lowest BCUT2D eigenvalue weighted by Crippen LogP contribution is -2.42. The first-order valence-corrected chi connectivity index (χ1v) is 9.27. The van der Waals surface area contributed by atoms with Crippen molar-refractivity contribution >= 4 is 41.3 Å². The molecule has 24 heavy (non-hydrogen) atoms. The minimum absolute atomic E-state index is 0. The summed E-state index contributed by atoms with van der Waals surface area (Å²) in [5.41, 5.74) is -0.118.